The molecule has 5 nitrogen and oxygen atoms in total. The summed E-state index contributed by atoms with van der Waals surface area (Å²) in [6.45, 7) is 10.1. The van der Waals surface area contributed by atoms with Crippen molar-refractivity contribution in [3.63, 3.8) is 0 Å². The van der Waals surface area contributed by atoms with Gasteiger partial charge in [-0.1, -0.05) is 36.3 Å². The van der Waals surface area contributed by atoms with Crippen molar-refractivity contribution in [2.45, 2.75) is 32.9 Å². The number of piperazine rings is 1. The van der Waals surface area contributed by atoms with Gasteiger partial charge in [0.25, 0.3) is 0 Å². The van der Waals surface area contributed by atoms with E-state index in [4.69, 9.17) is 10.9 Å². The Morgan fingerprint density at radius 1 is 1.24 bits per heavy atom. The second kappa shape index (κ2) is 7.43. The Kier molecular flexibility index (Phi) is 5.59. The highest BCUT2D eigenvalue weighted by Gasteiger charge is 2.19. The van der Waals surface area contributed by atoms with Crippen molar-refractivity contribution in [1.29, 1.82) is 0 Å². The minimum absolute atomic E-state index is 0.156. The van der Waals surface area contributed by atoms with E-state index in [0.29, 0.717) is 6.04 Å². The molecule has 0 radical (unpaired) electrons. The summed E-state index contributed by atoms with van der Waals surface area (Å²) in [6.07, 6.45) is 1.22. The number of nitrogens with zero attached hydrogens (tertiary/aromatic N) is 3. The maximum absolute atomic E-state index is 8.66. The maximum Gasteiger partial charge on any atom is 0.170 e. The monoisotopic (exact) mass is 290 g/mol. The van der Waals surface area contributed by atoms with Crippen molar-refractivity contribution in [3.8, 4) is 0 Å². The highest BCUT2D eigenvalue weighted by molar-refractivity contribution is 5.96. The van der Waals surface area contributed by atoms with E-state index in [-0.39, 0.29) is 5.84 Å². The predicted molar refractivity (Wildman–Crippen MR) is 85.6 cm³/mol. The Balaban J connectivity index is 1.86. The van der Waals surface area contributed by atoms with E-state index >= 15 is 0 Å². The van der Waals surface area contributed by atoms with Gasteiger partial charge in [0.1, 0.15) is 0 Å². The third-order valence-corrected chi connectivity index (χ3v) is 4.38. The molecule has 5 heteroatoms. The molecular weight excluding hydrogens is 264 g/mol. The van der Waals surface area contributed by atoms with Gasteiger partial charge >= 0.3 is 0 Å². The van der Waals surface area contributed by atoms with Gasteiger partial charge in [0.15, 0.2) is 5.84 Å². The zero-order chi connectivity index (χ0) is 15.2. The molecule has 0 aromatic heterocycles. The zero-order valence-corrected chi connectivity index (χ0v) is 13.0. The van der Waals surface area contributed by atoms with Crippen molar-refractivity contribution < 1.29 is 5.21 Å². The number of benzene rings is 1. The molecule has 3 N–H and O–H groups in total. The van der Waals surface area contributed by atoms with E-state index in [1.165, 1.54) is 12.0 Å². The third-order valence-electron chi connectivity index (χ3n) is 4.38. The minimum Gasteiger partial charge on any atom is -0.409 e. The van der Waals surface area contributed by atoms with Crippen LogP contribution in [0.5, 0.6) is 0 Å². The molecule has 1 aromatic rings. The summed E-state index contributed by atoms with van der Waals surface area (Å²) in [4.78, 5) is 5.05. The molecule has 1 aromatic carbocycles. The lowest BCUT2D eigenvalue weighted by atomic mass is 10.1. The lowest BCUT2D eigenvalue weighted by Crippen LogP contribution is -2.48. The highest BCUT2D eigenvalue weighted by Crippen LogP contribution is 2.12. The highest BCUT2D eigenvalue weighted by atomic mass is 16.4. The molecule has 1 atom stereocenters. The van der Waals surface area contributed by atoms with E-state index < -0.39 is 0 Å². The van der Waals surface area contributed by atoms with Gasteiger partial charge in [0.05, 0.1) is 0 Å². The van der Waals surface area contributed by atoms with E-state index in [1.807, 2.05) is 12.1 Å². The number of amidine groups is 1. The van der Waals surface area contributed by atoms with Crippen molar-refractivity contribution in [3.05, 3.63) is 35.4 Å². The molecule has 1 saturated heterocycles. The Morgan fingerprint density at radius 3 is 2.38 bits per heavy atom. The van der Waals surface area contributed by atoms with Crippen LogP contribution < -0.4 is 5.73 Å². The van der Waals surface area contributed by atoms with Crippen LogP contribution in [0.3, 0.4) is 0 Å². The second-order valence-electron chi connectivity index (χ2n) is 5.75. The standard InChI is InChI=1S/C16H26N4O/c1-3-13(2)20-10-8-19(9-11-20)12-14-4-6-15(7-5-14)16(17)18-21/h4-7,13,21H,3,8-12H2,1-2H3,(H2,17,18). The summed E-state index contributed by atoms with van der Waals surface area (Å²) in [7, 11) is 0. The van der Waals surface area contributed by atoms with Gasteiger partial charge in [0.2, 0.25) is 0 Å². The van der Waals surface area contributed by atoms with E-state index in [1.54, 1.807) is 0 Å². The number of nitrogens with two attached hydrogens (primary N) is 1. The molecule has 0 saturated carbocycles. The molecule has 2 rings (SSSR count). The molecule has 116 valence electrons. The first-order valence-corrected chi connectivity index (χ1v) is 7.67. The van der Waals surface area contributed by atoms with Gasteiger partial charge in [-0.05, 0) is 18.9 Å². The van der Waals surface area contributed by atoms with Crippen molar-refractivity contribution >= 4 is 5.84 Å². The Labute approximate surface area is 127 Å². The fourth-order valence-corrected chi connectivity index (χ4v) is 2.72. The second-order valence-corrected chi connectivity index (χ2v) is 5.75. The third kappa shape index (κ3) is 4.19. The molecule has 1 unspecified atom stereocenters. The summed E-state index contributed by atoms with van der Waals surface area (Å²) in [5, 5.41) is 11.7. The summed E-state index contributed by atoms with van der Waals surface area (Å²) in [5.74, 6) is 0.156. The van der Waals surface area contributed by atoms with Gasteiger partial charge in [-0.25, -0.2) is 0 Å². The smallest absolute Gasteiger partial charge is 0.170 e. The van der Waals surface area contributed by atoms with E-state index in [0.717, 1.165) is 38.3 Å². The Hall–Kier alpha value is -1.59. The van der Waals surface area contributed by atoms with Crippen molar-refractivity contribution in [1.82, 2.24) is 9.80 Å². The first-order valence-electron chi connectivity index (χ1n) is 7.67. The molecule has 1 aliphatic heterocycles. The van der Waals surface area contributed by atoms with Gasteiger partial charge in [-0.2, -0.15) is 0 Å². The number of hydrogen-bond acceptors (Lipinski definition) is 4. The van der Waals surface area contributed by atoms with Gasteiger partial charge in [-0.15, -0.1) is 0 Å². The van der Waals surface area contributed by atoms with Gasteiger partial charge in [0, 0.05) is 44.3 Å². The lowest BCUT2D eigenvalue weighted by Gasteiger charge is -2.37. The minimum atomic E-state index is 0.156. The molecule has 21 heavy (non-hydrogen) atoms. The summed E-state index contributed by atoms with van der Waals surface area (Å²) >= 11 is 0. The summed E-state index contributed by atoms with van der Waals surface area (Å²) < 4.78 is 0. The van der Waals surface area contributed by atoms with E-state index in [9.17, 15) is 0 Å². The normalized spacial score (nSPS) is 19.6. The van der Waals surface area contributed by atoms with Crippen LogP contribution in [0.15, 0.2) is 29.4 Å². The first-order chi connectivity index (χ1) is 10.1. The van der Waals surface area contributed by atoms with Crippen molar-refractivity contribution in [2.24, 2.45) is 10.9 Å². The van der Waals surface area contributed by atoms with Crippen LogP contribution >= 0.6 is 0 Å². The average Bonchev–Trinajstić information content (AvgIpc) is 2.55. The number of rotatable bonds is 5. The zero-order valence-electron chi connectivity index (χ0n) is 13.0. The molecule has 1 heterocycles. The molecule has 0 amide bonds. The Morgan fingerprint density at radius 2 is 1.86 bits per heavy atom. The fraction of sp³-hybridized carbons (Fsp3) is 0.562. The van der Waals surface area contributed by atoms with Crippen LogP contribution in [0.2, 0.25) is 0 Å². The summed E-state index contributed by atoms with van der Waals surface area (Å²) in [6, 6.07) is 8.59. The first kappa shape index (κ1) is 15.8. The summed E-state index contributed by atoms with van der Waals surface area (Å²) in [5.41, 5.74) is 7.59. The number of hydrogen-bond donors (Lipinski definition) is 2. The van der Waals surface area contributed by atoms with Crippen LogP contribution in [-0.4, -0.2) is 53.1 Å². The van der Waals surface area contributed by atoms with Crippen LogP contribution in [0.1, 0.15) is 31.4 Å². The topological polar surface area (TPSA) is 65.1 Å². The maximum atomic E-state index is 8.66. The molecule has 0 aliphatic carbocycles. The van der Waals surface area contributed by atoms with Gasteiger partial charge in [-0.3, -0.25) is 9.80 Å². The molecule has 0 bridgehead atoms. The van der Waals surface area contributed by atoms with Crippen LogP contribution in [0.25, 0.3) is 0 Å². The quantitative estimate of drug-likeness (QED) is 0.375. The van der Waals surface area contributed by atoms with E-state index in [2.05, 4.69) is 40.9 Å². The largest absolute Gasteiger partial charge is 0.409 e. The fourth-order valence-electron chi connectivity index (χ4n) is 2.72. The van der Waals surface area contributed by atoms with Crippen LogP contribution in [0.4, 0.5) is 0 Å². The molecule has 1 aliphatic rings. The molecule has 0 spiro atoms. The molecular formula is C16H26N4O. The molecule has 1 fully saturated rings. The van der Waals surface area contributed by atoms with Crippen LogP contribution in [0, 0.1) is 0 Å². The average molecular weight is 290 g/mol. The van der Waals surface area contributed by atoms with Crippen LogP contribution in [-0.2, 0) is 6.54 Å². The Bertz CT molecular complexity index is 464. The van der Waals surface area contributed by atoms with Gasteiger partial charge < -0.3 is 10.9 Å². The predicted octanol–water partition coefficient (Wildman–Crippen LogP) is 1.70. The van der Waals surface area contributed by atoms with Crippen molar-refractivity contribution in [2.75, 3.05) is 26.2 Å². The number of oxime groups is 1. The SMILES string of the molecule is CCC(C)N1CCN(Cc2ccc(C(N)=NO)cc2)CC1. The lowest BCUT2D eigenvalue weighted by molar-refractivity contribution is 0.0964.